The molecule has 1 aromatic heterocycles. The van der Waals surface area contributed by atoms with Crippen molar-refractivity contribution in [3.63, 3.8) is 0 Å². The van der Waals surface area contributed by atoms with E-state index in [1.165, 1.54) is 4.90 Å². The topological polar surface area (TPSA) is 83.2 Å². The van der Waals surface area contributed by atoms with E-state index in [0.717, 1.165) is 5.56 Å². The number of urea groups is 1. The van der Waals surface area contributed by atoms with Gasteiger partial charge in [0.05, 0.1) is 19.1 Å². The second-order valence-electron chi connectivity index (χ2n) is 5.93. The molecule has 2 aromatic rings. The average molecular weight is 341 g/mol. The Labute approximate surface area is 147 Å². The minimum atomic E-state index is -0.469. The number of para-hydroxylation sites is 1. The summed E-state index contributed by atoms with van der Waals surface area (Å²) in [5.41, 5.74) is 0.814. The highest BCUT2D eigenvalue weighted by atomic mass is 16.5. The lowest BCUT2D eigenvalue weighted by Crippen LogP contribution is -2.42. The molecule has 0 aliphatic carbocycles. The fraction of sp³-hybridized carbons (Fsp3) is 0.389. The first kappa shape index (κ1) is 18.3. The number of hydrogen-bond donors (Lipinski definition) is 1. The molecule has 0 saturated heterocycles. The third-order valence-electron chi connectivity index (χ3n) is 3.95. The molecule has 2 atom stereocenters. The molecule has 1 heterocycles. The number of carbonyl (C=O) groups is 1. The highest BCUT2D eigenvalue weighted by Gasteiger charge is 2.25. The van der Waals surface area contributed by atoms with E-state index in [-0.39, 0.29) is 11.9 Å². The molecule has 7 heteroatoms. The zero-order valence-corrected chi connectivity index (χ0v) is 14.9. The Balaban J connectivity index is 2.32. The summed E-state index contributed by atoms with van der Waals surface area (Å²) in [6.45, 7) is 2.13. The maximum atomic E-state index is 12.6. The number of methoxy groups -OCH3 is 1. The van der Waals surface area contributed by atoms with Crippen LogP contribution in [0.3, 0.4) is 0 Å². The molecule has 0 fully saturated rings. The SMILES string of the molecule is COc1ccccc1[C@@H](NC(=O)N(C)C[C@@H](C)C#N)c1nccn1C. The minimum Gasteiger partial charge on any atom is -0.496 e. The van der Waals surface area contributed by atoms with Crippen molar-refractivity contribution in [2.45, 2.75) is 13.0 Å². The van der Waals surface area contributed by atoms with E-state index in [1.54, 1.807) is 27.3 Å². The molecule has 0 aliphatic heterocycles. The molecule has 1 N–H and O–H groups in total. The third-order valence-corrected chi connectivity index (χ3v) is 3.95. The maximum absolute atomic E-state index is 12.6. The van der Waals surface area contributed by atoms with Gasteiger partial charge in [-0.2, -0.15) is 5.26 Å². The van der Waals surface area contributed by atoms with E-state index in [9.17, 15) is 4.79 Å². The molecule has 132 valence electrons. The van der Waals surface area contributed by atoms with Crippen LogP contribution in [0.15, 0.2) is 36.7 Å². The number of ether oxygens (including phenoxy) is 1. The van der Waals surface area contributed by atoms with E-state index in [2.05, 4.69) is 16.4 Å². The van der Waals surface area contributed by atoms with Gasteiger partial charge >= 0.3 is 6.03 Å². The van der Waals surface area contributed by atoms with E-state index in [4.69, 9.17) is 10.00 Å². The van der Waals surface area contributed by atoms with Crippen molar-refractivity contribution in [3.8, 4) is 11.8 Å². The van der Waals surface area contributed by atoms with E-state index >= 15 is 0 Å². The molecule has 0 spiro atoms. The van der Waals surface area contributed by atoms with Crippen LogP contribution in [0.2, 0.25) is 0 Å². The van der Waals surface area contributed by atoms with Crippen molar-refractivity contribution < 1.29 is 9.53 Å². The second-order valence-corrected chi connectivity index (χ2v) is 5.93. The van der Waals surface area contributed by atoms with Gasteiger partial charge in [0.25, 0.3) is 0 Å². The van der Waals surface area contributed by atoms with Crippen molar-refractivity contribution in [3.05, 3.63) is 48.0 Å². The fourth-order valence-electron chi connectivity index (χ4n) is 2.61. The van der Waals surface area contributed by atoms with Crippen molar-refractivity contribution in [1.29, 1.82) is 5.26 Å². The Morgan fingerprint density at radius 2 is 2.20 bits per heavy atom. The van der Waals surface area contributed by atoms with Gasteiger partial charge in [0.2, 0.25) is 0 Å². The number of nitrogens with zero attached hydrogens (tertiary/aromatic N) is 4. The van der Waals surface area contributed by atoms with Gasteiger partial charge in [0.15, 0.2) is 0 Å². The number of aryl methyl sites for hydroxylation is 1. The van der Waals surface area contributed by atoms with Crippen molar-refractivity contribution in [1.82, 2.24) is 19.8 Å². The van der Waals surface area contributed by atoms with Crippen LogP contribution in [0.1, 0.15) is 24.4 Å². The summed E-state index contributed by atoms with van der Waals surface area (Å²) in [5, 5.41) is 11.9. The van der Waals surface area contributed by atoms with Crippen molar-refractivity contribution in [2.75, 3.05) is 20.7 Å². The molecule has 1 aromatic carbocycles. The standard InChI is InChI=1S/C18H23N5O2/c1-13(11-19)12-23(3)18(24)21-16(17-20-9-10-22(17)2)14-7-5-6-8-15(14)25-4/h5-10,13,16H,12H2,1-4H3,(H,21,24)/t13-,16+/m0/s1. The van der Waals surface area contributed by atoms with Gasteiger partial charge in [-0.25, -0.2) is 9.78 Å². The lowest BCUT2D eigenvalue weighted by atomic mass is 10.0. The van der Waals surface area contributed by atoms with E-state index < -0.39 is 6.04 Å². The molecular formula is C18H23N5O2. The Hall–Kier alpha value is -3.01. The first-order chi connectivity index (χ1) is 12.0. The Kier molecular flexibility index (Phi) is 6.01. The normalized spacial score (nSPS) is 12.8. The number of aromatic nitrogens is 2. The predicted molar refractivity (Wildman–Crippen MR) is 94.0 cm³/mol. The molecular weight excluding hydrogens is 318 g/mol. The molecule has 2 rings (SSSR count). The van der Waals surface area contributed by atoms with Gasteiger partial charge in [0, 0.05) is 38.6 Å². The van der Waals surface area contributed by atoms with Crippen LogP contribution < -0.4 is 10.1 Å². The number of nitriles is 1. The molecule has 0 saturated carbocycles. The first-order valence-electron chi connectivity index (χ1n) is 7.99. The van der Waals surface area contributed by atoms with E-state index in [1.807, 2.05) is 42.1 Å². The number of hydrogen-bond acceptors (Lipinski definition) is 4. The second kappa shape index (κ2) is 8.20. The van der Waals surface area contributed by atoms with Gasteiger partial charge in [-0.1, -0.05) is 18.2 Å². The zero-order chi connectivity index (χ0) is 18.4. The lowest BCUT2D eigenvalue weighted by molar-refractivity contribution is 0.202. The number of rotatable bonds is 6. The Bertz CT molecular complexity index is 765. The first-order valence-corrected chi connectivity index (χ1v) is 7.99. The van der Waals surface area contributed by atoms with Crippen LogP contribution in [-0.4, -0.2) is 41.2 Å². The van der Waals surface area contributed by atoms with Gasteiger partial charge in [-0.05, 0) is 13.0 Å². The van der Waals surface area contributed by atoms with Gasteiger partial charge < -0.3 is 19.5 Å². The monoisotopic (exact) mass is 341 g/mol. The zero-order valence-electron chi connectivity index (χ0n) is 14.9. The molecule has 0 unspecified atom stereocenters. The molecule has 0 aliphatic rings. The highest BCUT2D eigenvalue weighted by Crippen LogP contribution is 2.29. The lowest BCUT2D eigenvalue weighted by Gasteiger charge is -2.25. The molecule has 25 heavy (non-hydrogen) atoms. The predicted octanol–water partition coefficient (Wildman–Crippen LogP) is 2.32. The quantitative estimate of drug-likeness (QED) is 0.874. The van der Waals surface area contributed by atoms with Crippen LogP contribution in [-0.2, 0) is 7.05 Å². The maximum Gasteiger partial charge on any atom is 0.318 e. The Morgan fingerprint density at radius 3 is 2.80 bits per heavy atom. The summed E-state index contributed by atoms with van der Waals surface area (Å²) >= 11 is 0. The summed E-state index contributed by atoms with van der Waals surface area (Å²) < 4.78 is 7.30. The summed E-state index contributed by atoms with van der Waals surface area (Å²) in [6, 6.07) is 8.90. The molecule has 2 amide bonds. The van der Waals surface area contributed by atoms with Crippen LogP contribution in [0.25, 0.3) is 0 Å². The summed E-state index contributed by atoms with van der Waals surface area (Å²) in [6.07, 6.45) is 3.51. The van der Waals surface area contributed by atoms with Gasteiger partial charge in [-0.15, -0.1) is 0 Å². The number of nitrogens with one attached hydrogen (secondary N) is 1. The largest absolute Gasteiger partial charge is 0.496 e. The van der Waals surface area contributed by atoms with E-state index in [0.29, 0.717) is 18.1 Å². The number of carbonyl (C=O) groups excluding carboxylic acids is 1. The van der Waals surface area contributed by atoms with Gasteiger partial charge in [-0.3, -0.25) is 0 Å². The van der Waals surface area contributed by atoms with Crippen LogP contribution in [0, 0.1) is 17.2 Å². The Morgan fingerprint density at radius 1 is 1.48 bits per heavy atom. The summed E-state index contributed by atoms with van der Waals surface area (Å²) in [5.74, 6) is 1.12. The van der Waals surface area contributed by atoms with Crippen LogP contribution in [0.4, 0.5) is 4.79 Å². The van der Waals surface area contributed by atoms with Gasteiger partial charge in [0.1, 0.15) is 17.6 Å². The van der Waals surface area contributed by atoms with Crippen molar-refractivity contribution >= 4 is 6.03 Å². The minimum absolute atomic E-state index is 0.242. The number of imidazole rings is 1. The molecule has 0 bridgehead atoms. The number of benzene rings is 1. The average Bonchev–Trinajstić information content (AvgIpc) is 3.04. The smallest absolute Gasteiger partial charge is 0.318 e. The number of amides is 2. The molecule has 7 nitrogen and oxygen atoms in total. The summed E-state index contributed by atoms with van der Waals surface area (Å²) in [4.78, 5) is 18.5. The van der Waals surface area contributed by atoms with Crippen molar-refractivity contribution in [2.24, 2.45) is 13.0 Å². The van der Waals surface area contributed by atoms with Crippen LogP contribution in [0.5, 0.6) is 5.75 Å². The third kappa shape index (κ3) is 4.29. The molecule has 0 radical (unpaired) electrons. The highest BCUT2D eigenvalue weighted by molar-refractivity contribution is 5.75. The summed E-state index contributed by atoms with van der Waals surface area (Å²) in [7, 11) is 5.14. The van der Waals surface area contributed by atoms with Crippen LogP contribution >= 0.6 is 0 Å². The fourth-order valence-corrected chi connectivity index (χ4v) is 2.61.